The summed E-state index contributed by atoms with van der Waals surface area (Å²) in [6.07, 6.45) is 3.24. The van der Waals surface area contributed by atoms with E-state index in [2.05, 4.69) is 10.3 Å². The van der Waals surface area contributed by atoms with Gasteiger partial charge < -0.3 is 10.4 Å². The Kier molecular flexibility index (Phi) is 6.21. The van der Waals surface area contributed by atoms with Crippen molar-refractivity contribution < 1.29 is 9.90 Å². The van der Waals surface area contributed by atoms with Gasteiger partial charge in [-0.3, -0.25) is 4.79 Å². The molecule has 0 aliphatic heterocycles. The molecule has 18 heavy (non-hydrogen) atoms. The molecule has 2 atom stereocenters. The lowest BCUT2D eigenvalue weighted by Gasteiger charge is -2.21. The van der Waals surface area contributed by atoms with Gasteiger partial charge in [-0.15, -0.1) is 0 Å². The zero-order chi connectivity index (χ0) is 13.7. The number of carbonyl (C=O) groups excluding carboxylic acids is 1. The summed E-state index contributed by atoms with van der Waals surface area (Å²) in [5.74, 6) is -0.291. The summed E-state index contributed by atoms with van der Waals surface area (Å²) in [5.41, 5.74) is 0.342. The van der Waals surface area contributed by atoms with Crippen LogP contribution in [0, 0.1) is 0 Å². The molecule has 0 radical (unpaired) electrons. The van der Waals surface area contributed by atoms with E-state index in [1.807, 2.05) is 13.2 Å². The molecule has 4 nitrogen and oxygen atoms in total. The van der Waals surface area contributed by atoms with Crippen LogP contribution >= 0.6 is 35.0 Å². The van der Waals surface area contributed by atoms with Crippen LogP contribution in [0.15, 0.2) is 12.3 Å². The quantitative estimate of drug-likeness (QED) is 0.819. The van der Waals surface area contributed by atoms with Crippen molar-refractivity contribution in [2.24, 2.45) is 0 Å². The molecule has 0 aromatic carbocycles. The SMILES string of the molecule is CSC(CO)C(C)NC(=O)c1cnc(Cl)c(Cl)c1. The largest absolute Gasteiger partial charge is 0.395 e. The predicted molar refractivity (Wildman–Crippen MR) is 75.6 cm³/mol. The van der Waals surface area contributed by atoms with E-state index in [-0.39, 0.29) is 34.0 Å². The van der Waals surface area contributed by atoms with Gasteiger partial charge in [0, 0.05) is 17.5 Å². The third-order valence-electron chi connectivity index (χ3n) is 2.46. The highest BCUT2D eigenvalue weighted by Gasteiger charge is 2.18. The molecule has 2 N–H and O–H groups in total. The zero-order valence-electron chi connectivity index (χ0n) is 9.98. The van der Waals surface area contributed by atoms with Crippen molar-refractivity contribution in [3.05, 3.63) is 28.0 Å². The fraction of sp³-hybridized carbons (Fsp3) is 0.455. The van der Waals surface area contributed by atoms with Crippen LogP contribution in [0.25, 0.3) is 0 Å². The number of aliphatic hydroxyl groups is 1. The first kappa shape index (κ1) is 15.6. The minimum absolute atomic E-state index is 0.00222. The molecule has 1 heterocycles. The van der Waals surface area contributed by atoms with Gasteiger partial charge in [0.05, 0.1) is 17.2 Å². The number of aliphatic hydroxyl groups excluding tert-OH is 1. The molecule has 0 aliphatic rings. The van der Waals surface area contributed by atoms with Crippen LogP contribution in [-0.4, -0.2) is 40.2 Å². The minimum atomic E-state index is -0.291. The van der Waals surface area contributed by atoms with E-state index in [1.165, 1.54) is 24.0 Å². The maximum absolute atomic E-state index is 11.9. The van der Waals surface area contributed by atoms with Crippen molar-refractivity contribution >= 4 is 40.9 Å². The second-order valence-electron chi connectivity index (χ2n) is 3.72. The summed E-state index contributed by atoms with van der Waals surface area (Å²) in [4.78, 5) is 15.7. The lowest BCUT2D eigenvalue weighted by molar-refractivity contribution is 0.0935. The van der Waals surface area contributed by atoms with E-state index in [0.717, 1.165) is 0 Å². The molecule has 1 rings (SSSR count). The molecule has 1 amide bonds. The average molecular weight is 309 g/mol. The molecule has 2 unspecified atom stereocenters. The lowest BCUT2D eigenvalue weighted by atomic mass is 10.2. The number of thioether (sulfide) groups is 1. The third-order valence-corrected chi connectivity index (χ3v) is 4.31. The van der Waals surface area contributed by atoms with Crippen molar-refractivity contribution in [2.75, 3.05) is 12.9 Å². The molecular formula is C11H14Cl2N2O2S. The molecule has 7 heteroatoms. The highest BCUT2D eigenvalue weighted by molar-refractivity contribution is 7.99. The van der Waals surface area contributed by atoms with E-state index in [4.69, 9.17) is 28.3 Å². The van der Waals surface area contributed by atoms with Gasteiger partial charge >= 0.3 is 0 Å². The smallest absolute Gasteiger partial charge is 0.253 e. The first-order chi connectivity index (χ1) is 8.49. The predicted octanol–water partition coefficient (Wildman–Crippen LogP) is 2.23. The zero-order valence-corrected chi connectivity index (χ0v) is 12.3. The van der Waals surface area contributed by atoms with E-state index < -0.39 is 0 Å². The Labute approximate surface area is 120 Å². The van der Waals surface area contributed by atoms with Crippen LogP contribution in [0.2, 0.25) is 10.2 Å². The van der Waals surface area contributed by atoms with Gasteiger partial charge in [0.1, 0.15) is 5.15 Å². The second-order valence-corrected chi connectivity index (χ2v) is 5.56. The molecule has 100 valence electrons. The van der Waals surface area contributed by atoms with Crippen LogP contribution in [0.5, 0.6) is 0 Å². The van der Waals surface area contributed by atoms with Crippen LogP contribution < -0.4 is 5.32 Å². The maximum atomic E-state index is 11.9. The highest BCUT2D eigenvalue weighted by Crippen LogP contribution is 2.20. The molecule has 0 saturated carbocycles. The number of carbonyl (C=O) groups is 1. The summed E-state index contributed by atoms with van der Waals surface area (Å²) in [6, 6.07) is 1.30. The summed E-state index contributed by atoms with van der Waals surface area (Å²) in [7, 11) is 0. The Hall–Kier alpha value is -0.490. The summed E-state index contributed by atoms with van der Waals surface area (Å²) in [5, 5.41) is 12.3. The van der Waals surface area contributed by atoms with Gasteiger partial charge in [0.25, 0.3) is 5.91 Å². The maximum Gasteiger partial charge on any atom is 0.253 e. The number of rotatable bonds is 5. The Bertz CT molecular complexity index is 428. The fourth-order valence-electron chi connectivity index (χ4n) is 1.37. The molecule has 1 aromatic rings. The summed E-state index contributed by atoms with van der Waals surface area (Å²) in [6.45, 7) is 1.84. The number of pyridine rings is 1. The number of amides is 1. The van der Waals surface area contributed by atoms with Crippen molar-refractivity contribution in [3.8, 4) is 0 Å². The van der Waals surface area contributed by atoms with Crippen molar-refractivity contribution in [3.63, 3.8) is 0 Å². The van der Waals surface area contributed by atoms with Gasteiger partial charge in [0.2, 0.25) is 0 Å². The first-order valence-corrected chi connectivity index (χ1v) is 7.29. The normalized spacial score (nSPS) is 14.1. The number of halogens is 2. The Balaban J connectivity index is 2.73. The molecular weight excluding hydrogens is 295 g/mol. The van der Waals surface area contributed by atoms with E-state index in [1.54, 1.807) is 0 Å². The highest BCUT2D eigenvalue weighted by atomic mass is 35.5. The molecule has 0 spiro atoms. The van der Waals surface area contributed by atoms with Crippen molar-refractivity contribution in [1.29, 1.82) is 0 Å². The van der Waals surface area contributed by atoms with E-state index in [9.17, 15) is 4.79 Å². The molecule has 1 aromatic heterocycles. The van der Waals surface area contributed by atoms with Crippen molar-refractivity contribution in [2.45, 2.75) is 18.2 Å². The Morgan fingerprint density at radius 2 is 2.28 bits per heavy atom. The van der Waals surface area contributed by atoms with E-state index >= 15 is 0 Å². The van der Waals surface area contributed by atoms with Crippen LogP contribution in [0.1, 0.15) is 17.3 Å². The monoisotopic (exact) mass is 308 g/mol. The first-order valence-electron chi connectivity index (χ1n) is 5.25. The molecule has 0 bridgehead atoms. The number of nitrogens with one attached hydrogen (secondary N) is 1. The van der Waals surface area contributed by atoms with Gasteiger partial charge in [-0.25, -0.2) is 4.98 Å². The third kappa shape index (κ3) is 4.02. The van der Waals surface area contributed by atoms with Gasteiger partial charge in [-0.1, -0.05) is 23.2 Å². The number of hydrogen-bond donors (Lipinski definition) is 2. The molecule has 0 fully saturated rings. The summed E-state index contributed by atoms with van der Waals surface area (Å²) < 4.78 is 0. The average Bonchev–Trinajstić information content (AvgIpc) is 2.34. The molecule has 0 aliphatic carbocycles. The van der Waals surface area contributed by atoms with Crippen LogP contribution in [-0.2, 0) is 0 Å². The lowest BCUT2D eigenvalue weighted by Crippen LogP contribution is -2.41. The topological polar surface area (TPSA) is 62.2 Å². The van der Waals surface area contributed by atoms with Crippen molar-refractivity contribution in [1.82, 2.24) is 10.3 Å². The van der Waals surface area contributed by atoms with Crippen LogP contribution in [0.4, 0.5) is 0 Å². The van der Waals surface area contributed by atoms with Crippen LogP contribution in [0.3, 0.4) is 0 Å². The Morgan fingerprint density at radius 1 is 1.61 bits per heavy atom. The number of aromatic nitrogens is 1. The molecule has 0 saturated heterocycles. The van der Waals surface area contributed by atoms with Gasteiger partial charge in [0.15, 0.2) is 0 Å². The number of hydrogen-bond acceptors (Lipinski definition) is 4. The van der Waals surface area contributed by atoms with Gasteiger partial charge in [-0.2, -0.15) is 11.8 Å². The summed E-state index contributed by atoms with van der Waals surface area (Å²) >= 11 is 13.0. The van der Waals surface area contributed by atoms with E-state index in [0.29, 0.717) is 5.56 Å². The standard InChI is InChI=1S/C11H14Cl2N2O2S/c1-6(9(5-16)18-2)15-11(17)7-3-8(12)10(13)14-4-7/h3-4,6,9,16H,5H2,1-2H3,(H,15,17). The second kappa shape index (κ2) is 7.19. The number of nitrogens with zero attached hydrogens (tertiary/aromatic N) is 1. The Morgan fingerprint density at radius 3 is 2.78 bits per heavy atom. The fourth-order valence-corrected chi connectivity index (χ4v) is 2.26. The van der Waals surface area contributed by atoms with Gasteiger partial charge in [-0.05, 0) is 19.2 Å². The minimum Gasteiger partial charge on any atom is -0.395 e.